The lowest BCUT2D eigenvalue weighted by molar-refractivity contribution is 0.203. The fraction of sp³-hybridized carbons (Fsp3) is 0.208. The Morgan fingerprint density at radius 1 is 0.857 bits per heavy atom. The molecule has 0 unspecified atom stereocenters. The van der Waals surface area contributed by atoms with Gasteiger partial charge in [-0.3, -0.25) is 4.90 Å². The van der Waals surface area contributed by atoms with Crippen molar-refractivity contribution in [1.29, 1.82) is 0 Å². The topological polar surface area (TPSA) is 23.6 Å². The quantitative estimate of drug-likeness (QED) is 0.429. The summed E-state index contributed by atoms with van der Waals surface area (Å²) < 4.78 is 0. The van der Waals surface area contributed by atoms with Crippen molar-refractivity contribution in [1.82, 2.24) is 4.90 Å². The lowest BCUT2D eigenvalue weighted by Gasteiger charge is -2.31. The van der Waals surface area contributed by atoms with Crippen molar-refractivity contribution in [2.24, 2.45) is 0 Å². The minimum Gasteiger partial charge on any atom is -0.320 e. The molecule has 3 aromatic carbocycles. The minimum absolute atomic E-state index is 0.0726. The third kappa shape index (κ3) is 4.93. The van der Waals surface area contributed by atoms with Crippen molar-refractivity contribution >= 4 is 29.0 Å². The maximum Gasteiger partial charge on any atom is 0.329 e. The van der Waals surface area contributed by atoms with E-state index in [9.17, 15) is 4.79 Å². The number of hydrogen-bond donors (Lipinski definition) is 0. The molecule has 0 atom stereocenters. The molecule has 0 N–H and O–H groups in total. The number of para-hydroxylation sites is 2. The van der Waals surface area contributed by atoms with E-state index < -0.39 is 0 Å². The van der Waals surface area contributed by atoms with E-state index in [2.05, 4.69) is 19.1 Å². The second kappa shape index (κ2) is 9.95. The van der Waals surface area contributed by atoms with E-state index in [1.807, 2.05) is 77.7 Å². The minimum atomic E-state index is -0.0726. The SMILES string of the molecule is CCCCN(Cc1ccccc1)C(=O)N(c1ccccc1)c1ccccc1Cl. The molecule has 2 amide bonds. The van der Waals surface area contributed by atoms with Gasteiger partial charge in [-0.15, -0.1) is 0 Å². The molecule has 3 rings (SSSR count). The van der Waals surface area contributed by atoms with Crippen LogP contribution in [-0.2, 0) is 6.54 Å². The highest BCUT2D eigenvalue weighted by molar-refractivity contribution is 6.34. The van der Waals surface area contributed by atoms with E-state index in [1.165, 1.54) is 0 Å². The van der Waals surface area contributed by atoms with Gasteiger partial charge in [0.1, 0.15) is 0 Å². The fourth-order valence-electron chi connectivity index (χ4n) is 3.10. The molecule has 144 valence electrons. The monoisotopic (exact) mass is 392 g/mol. The largest absolute Gasteiger partial charge is 0.329 e. The van der Waals surface area contributed by atoms with Crippen molar-refractivity contribution in [3.63, 3.8) is 0 Å². The van der Waals surface area contributed by atoms with Gasteiger partial charge in [-0.25, -0.2) is 4.79 Å². The zero-order valence-corrected chi connectivity index (χ0v) is 16.8. The average molecular weight is 393 g/mol. The second-order valence-corrected chi connectivity index (χ2v) is 7.07. The van der Waals surface area contributed by atoms with Crippen LogP contribution in [0.3, 0.4) is 0 Å². The van der Waals surface area contributed by atoms with Crippen molar-refractivity contribution in [2.75, 3.05) is 11.4 Å². The smallest absolute Gasteiger partial charge is 0.320 e. The van der Waals surface area contributed by atoms with Gasteiger partial charge in [0.15, 0.2) is 0 Å². The highest BCUT2D eigenvalue weighted by Crippen LogP contribution is 2.33. The number of hydrogen-bond acceptors (Lipinski definition) is 1. The molecule has 3 nitrogen and oxygen atoms in total. The van der Waals surface area contributed by atoms with Crippen LogP contribution < -0.4 is 4.90 Å². The van der Waals surface area contributed by atoms with Crippen LogP contribution in [-0.4, -0.2) is 17.5 Å². The molecule has 0 radical (unpaired) electrons. The van der Waals surface area contributed by atoms with Crippen LogP contribution in [0.25, 0.3) is 0 Å². The van der Waals surface area contributed by atoms with Gasteiger partial charge in [0.2, 0.25) is 0 Å². The molecule has 0 saturated carbocycles. The Kier molecular flexibility index (Phi) is 7.10. The van der Waals surface area contributed by atoms with E-state index in [0.29, 0.717) is 23.8 Å². The summed E-state index contributed by atoms with van der Waals surface area (Å²) in [7, 11) is 0. The number of unbranched alkanes of at least 4 members (excludes halogenated alkanes) is 1. The van der Waals surface area contributed by atoms with Crippen LogP contribution in [0.5, 0.6) is 0 Å². The van der Waals surface area contributed by atoms with Crippen LogP contribution in [0, 0.1) is 0 Å². The lowest BCUT2D eigenvalue weighted by Crippen LogP contribution is -2.41. The van der Waals surface area contributed by atoms with Gasteiger partial charge in [-0.05, 0) is 36.2 Å². The molecule has 0 fully saturated rings. The molecular weight excluding hydrogens is 368 g/mol. The number of halogens is 1. The van der Waals surface area contributed by atoms with Gasteiger partial charge in [0, 0.05) is 13.1 Å². The van der Waals surface area contributed by atoms with E-state index in [0.717, 1.165) is 24.1 Å². The first kappa shape index (κ1) is 20.0. The number of benzene rings is 3. The number of urea groups is 1. The van der Waals surface area contributed by atoms with Gasteiger partial charge < -0.3 is 4.90 Å². The van der Waals surface area contributed by atoms with E-state index in [1.54, 1.807) is 4.90 Å². The molecule has 0 heterocycles. The predicted octanol–water partition coefficient (Wildman–Crippen LogP) is 6.90. The average Bonchev–Trinajstić information content (AvgIpc) is 2.74. The summed E-state index contributed by atoms with van der Waals surface area (Å²) in [5, 5.41) is 0.551. The van der Waals surface area contributed by atoms with Crippen LogP contribution in [0.4, 0.5) is 16.2 Å². The predicted molar refractivity (Wildman–Crippen MR) is 117 cm³/mol. The number of nitrogens with zero attached hydrogens (tertiary/aromatic N) is 2. The van der Waals surface area contributed by atoms with Gasteiger partial charge >= 0.3 is 6.03 Å². The van der Waals surface area contributed by atoms with Crippen molar-refractivity contribution in [3.8, 4) is 0 Å². The molecule has 0 aliphatic rings. The van der Waals surface area contributed by atoms with E-state index in [4.69, 9.17) is 11.6 Å². The van der Waals surface area contributed by atoms with E-state index >= 15 is 0 Å². The zero-order valence-electron chi connectivity index (χ0n) is 16.1. The van der Waals surface area contributed by atoms with Crippen LogP contribution in [0.15, 0.2) is 84.9 Å². The Morgan fingerprint density at radius 2 is 1.46 bits per heavy atom. The Bertz CT molecular complexity index is 883. The maximum absolute atomic E-state index is 13.7. The molecule has 0 spiro atoms. The first-order valence-electron chi connectivity index (χ1n) is 9.63. The standard InChI is InChI=1S/C24H25ClN2O/c1-2-3-18-26(19-20-12-6-4-7-13-20)24(28)27(21-14-8-5-9-15-21)23-17-11-10-16-22(23)25/h4-17H,2-3,18-19H2,1H3. The Balaban J connectivity index is 1.98. The Labute approximate surface area is 172 Å². The summed E-state index contributed by atoms with van der Waals surface area (Å²) in [6.07, 6.45) is 1.97. The number of anilines is 2. The number of rotatable bonds is 7. The fourth-order valence-corrected chi connectivity index (χ4v) is 3.32. The van der Waals surface area contributed by atoms with Gasteiger partial charge in [0.05, 0.1) is 16.4 Å². The molecule has 0 aliphatic heterocycles. The zero-order chi connectivity index (χ0) is 19.8. The molecule has 0 aliphatic carbocycles. The van der Waals surface area contributed by atoms with Crippen molar-refractivity contribution in [3.05, 3.63) is 95.5 Å². The normalized spacial score (nSPS) is 10.5. The Hall–Kier alpha value is -2.78. The number of carbonyl (C=O) groups excluding carboxylic acids is 1. The van der Waals surface area contributed by atoms with Crippen molar-refractivity contribution < 1.29 is 4.79 Å². The molecule has 3 aromatic rings. The molecule has 28 heavy (non-hydrogen) atoms. The molecular formula is C24H25ClN2O. The van der Waals surface area contributed by atoms with Crippen LogP contribution >= 0.6 is 11.6 Å². The third-order valence-corrected chi connectivity index (χ3v) is 4.89. The Morgan fingerprint density at radius 3 is 2.11 bits per heavy atom. The van der Waals surface area contributed by atoms with Crippen LogP contribution in [0.1, 0.15) is 25.3 Å². The van der Waals surface area contributed by atoms with Gasteiger partial charge in [-0.1, -0.05) is 85.6 Å². The lowest BCUT2D eigenvalue weighted by atomic mass is 10.2. The van der Waals surface area contributed by atoms with Crippen LogP contribution in [0.2, 0.25) is 5.02 Å². The van der Waals surface area contributed by atoms with E-state index in [-0.39, 0.29) is 6.03 Å². The summed E-state index contributed by atoms with van der Waals surface area (Å²) >= 11 is 6.47. The van der Waals surface area contributed by atoms with Crippen molar-refractivity contribution in [2.45, 2.75) is 26.3 Å². The molecule has 0 aromatic heterocycles. The number of amides is 2. The highest BCUT2D eigenvalue weighted by atomic mass is 35.5. The molecule has 0 saturated heterocycles. The first-order valence-corrected chi connectivity index (χ1v) is 10.0. The molecule has 0 bridgehead atoms. The van der Waals surface area contributed by atoms with Gasteiger partial charge in [-0.2, -0.15) is 0 Å². The third-order valence-electron chi connectivity index (χ3n) is 4.57. The maximum atomic E-state index is 13.7. The summed E-state index contributed by atoms with van der Waals surface area (Å²) in [4.78, 5) is 17.3. The second-order valence-electron chi connectivity index (χ2n) is 6.67. The number of carbonyl (C=O) groups is 1. The summed E-state index contributed by atoms with van der Waals surface area (Å²) in [5.41, 5.74) is 2.60. The molecule has 4 heteroatoms. The summed E-state index contributed by atoms with van der Waals surface area (Å²) in [5.74, 6) is 0. The summed E-state index contributed by atoms with van der Waals surface area (Å²) in [6.45, 7) is 3.39. The highest BCUT2D eigenvalue weighted by Gasteiger charge is 2.25. The van der Waals surface area contributed by atoms with Gasteiger partial charge in [0.25, 0.3) is 0 Å². The first-order chi connectivity index (χ1) is 13.7. The summed E-state index contributed by atoms with van der Waals surface area (Å²) in [6, 6.07) is 27.2.